The lowest BCUT2D eigenvalue weighted by Gasteiger charge is -2.21. The van der Waals surface area contributed by atoms with Crippen LogP contribution in [0.4, 0.5) is 0 Å². The highest BCUT2D eigenvalue weighted by Gasteiger charge is 2.24. The van der Waals surface area contributed by atoms with Crippen molar-refractivity contribution in [2.24, 2.45) is 0 Å². The minimum absolute atomic E-state index is 0.240. The number of ether oxygens (including phenoxy) is 1. The van der Waals surface area contributed by atoms with Crippen LogP contribution in [0.15, 0.2) is 24.3 Å². The highest BCUT2D eigenvalue weighted by molar-refractivity contribution is 5.79. The molecule has 1 aromatic rings. The van der Waals surface area contributed by atoms with Crippen molar-refractivity contribution in [3.63, 3.8) is 0 Å². The Balaban J connectivity index is 1.94. The first kappa shape index (κ1) is 12.9. The molecule has 1 unspecified atom stereocenters. The molecule has 1 saturated heterocycles. The Bertz CT molecular complexity index is 399. The van der Waals surface area contributed by atoms with Gasteiger partial charge < -0.3 is 9.64 Å². The van der Waals surface area contributed by atoms with Crippen LogP contribution in [-0.4, -0.2) is 30.0 Å². The van der Waals surface area contributed by atoms with Gasteiger partial charge in [-0.2, -0.15) is 0 Å². The van der Waals surface area contributed by atoms with Gasteiger partial charge in [0.2, 0.25) is 5.91 Å². The molecule has 0 radical (unpaired) electrons. The average molecular weight is 247 g/mol. The number of hydrogen-bond acceptors (Lipinski definition) is 2. The quantitative estimate of drug-likeness (QED) is 0.818. The summed E-state index contributed by atoms with van der Waals surface area (Å²) in [4.78, 5) is 14.1. The van der Waals surface area contributed by atoms with Crippen LogP contribution < -0.4 is 4.74 Å². The van der Waals surface area contributed by atoms with Gasteiger partial charge in [0, 0.05) is 12.6 Å². The van der Waals surface area contributed by atoms with Crippen molar-refractivity contribution in [2.45, 2.75) is 39.2 Å². The van der Waals surface area contributed by atoms with E-state index in [0.29, 0.717) is 19.1 Å². The average Bonchev–Trinajstić information content (AvgIpc) is 2.78. The molecule has 1 atom stereocenters. The first-order chi connectivity index (χ1) is 8.70. The van der Waals surface area contributed by atoms with Gasteiger partial charge in [-0.15, -0.1) is 0 Å². The zero-order valence-electron chi connectivity index (χ0n) is 11.2. The smallest absolute Gasteiger partial charge is 0.227 e. The molecule has 0 N–H and O–H groups in total. The van der Waals surface area contributed by atoms with Gasteiger partial charge in [-0.05, 0) is 44.4 Å². The maximum atomic E-state index is 12.1. The van der Waals surface area contributed by atoms with Gasteiger partial charge in [-0.1, -0.05) is 12.1 Å². The van der Waals surface area contributed by atoms with E-state index in [1.165, 1.54) is 0 Å². The molecule has 1 aliphatic rings. The van der Waals surface area contributed by atoms with E-state index in [9.17, 15) is 4.79 Å². The predicted octanol–water partition coefficient (Wildman–Crippen LogP) is 2.64. The maximum Gasteiger partial charge on any atom is 0.227 e. The minimum atomic E-state index is 0.240. The first-order valence-electron chi connectivity index (χ1n) is 6.72. The fourth-order valence-corrected chi connectivity index (χ4v) is 2.45. The molecule has 0 spiro atoms. The third kappa shape index (κ3) is 3.03. The fraction of sp³-hybridized carbons (Fsp3) is 0.533. The van der Waals surface area contributed by atoms with E-state index in [1.807, 2.05) is 36.1 Å². The topological polar surface area (TPSA) is 29.5 Å². The summed E-state index contributed by atoms with van der Waals surface area (Å²) in [6.07, 6.45) is 2.77. The molecule has 3 heteroatoms. The molecule has 98 valence electrons. The van der Waals surface area contributed by atoms with Crippen molar-refractivity contribution in [1.82, 2.24) is 4.90 Å². The molecule has 1 aromatic carbocycles. The number of likely N-dealkylation sites (tertiary alicyclic amines) is 1. The summed E-state index contributed by atoms with van der Waals surface area (Å²) >= 11 is 0. The number of hydrogen-bond donors (Lipinski definition) is 0. The van der Waals surface area contributed by atoms with Gasteiger partial charge in [0.1, 0.15) is 5.75 Å². The van der Waals surface area contributed by atoms with Crippen LogP contribution in [-0.2, 0) is 11.2 Å². The molecule has 18 heavy (non-hydrogen) atoms. The van der Waals surface area contributed by atoms with E-state index < -0.39 is 0 Å². The molecular formula is C15H21NO2. The number of amides is 1. The van der Waals surface area contributed by atoms with Crippen molar-refractivity contribution in [1.29, 1.82) is 0 Å². The summed E-state index contributed by atoms with van der Waals surface area (Å²) in [6.45, 7) is 5.68. The van der Waals surface area contributed by atoms with Crippen molar-refractivity contribution < 1.29 is 9.53 Å². The molecule has 1 amide bonds. The van der Waals surface area contributed by atoms with Gasteiger partial charge in [0.15, 0.2) is 0 Å². The van der Waals surface area contributed by atoms with Crippen LogP contribution in [0.5, 0.6) is 5.75 Å². The van der Waals surface area contributed by atoms with Gasteiger partial charge in [-0.25, -0.2) is 0 Å². The van der Waals surface area contributed by atoms with E-state index >= 15 is 0 Å². The second kappa shape index (κ2) is 5.89. The number of rotatable bonds is 4. The van der Waals surface area contributed by atoms with Crippen molar-refractivity contribution in [2.75, 3.05) is 13.2 Å². The van der Waals surface area contributed by atoms with E-state index in [2.05, 4.69) is 6.92 Å². The number of carbonyl (C=O) groups is 1. The molecule has 1 heterocycles. The molecule has 3 nitrogen and oxygen atoms in total. The van der Waals surface area contributed by atoms with Crippen molar-refractivity contribution in [3.05, 3.63) is 29.8 Å². The van der Waals surface area contributed by atoms with E-state index in [-0.39, 0.29) is 5.91 Å². The van der Waals surface area contributed by atoms with E-state index in [0.717, 1.165) is 30.7 Å². The lowest BCUT2D eigenvalue weighted by Crippen LogP contribution is -2.34. The lowest BCUT2D eigenvalue weighted by atomic mass is 10.1. The molecule has 2 rings (SSSR count). The van der Waals surface area contributed by atoms with Crippen LogP contribution in [0, 0.1) is 0 Å². The monoisotopic (exact) mass is 247 g/mol. The predicted molar refractivity (Wildman–Crippen MR) is 71.7 cm³/mol. The van der Waals surface area contributed by atoms with Gasteiger partial charge in [0.25, 0.3) is 0 Å². The van der Waals surface area contributed by atoms with Crippen molar-refractivity contribution in [3.8, 4) is 5.75 Å². The second-order valence-corrected chi connectivity index (χ2v) is 4.83. The standard InChI is InChI=1S/C15H21NO2/c1-3-18-14-8-6-13(7-9-14)11-15(17)16-10-4-5-12(16)2/h6-9,12H,3-5,10-11H2,1-2H3. The van der Waals surface area contributed by atoms with Crippen LogP contribution in [0.3, 0.4) is 0 Å². The normalized spacial score (nSPS) is 19.0. The molecule has 1 aliphatic heterocycles. The minimum Gasteiger partial charge on any atom is -0.494 e. The Morgan fingerprint density at radius 2 is 2.11 bits per heavy atom. The molecule has 0 bridgehead atoms. The molecular weight excluding hydrogens is 226 g/mol. The maximum absolute atomic E-state index is 12.1. The Morgan fingerprint density at radius 3 is 2.67 bits per heavy atom. The summed E-state index contributed by atoms with van der Waals surface area (Å²) in [5.74, 6) is 1.10. The van der Waals surface area contributed by atoms with E-state index in [1.54, 1.807) is 0 Å². The van der Waals surface area contributed by atoms with Gasteiger partial charge in [0.05, 0.1) is 13.0 Å². The number of benzene rings is 1. The Hall–Kier alpha value is -1.51. The summed E-state index contributed by atoms with van der Waals surface area (Å²) < 4.78 is 5.39. The highest BCUT2D eigenvalue weighted by atomic mass is 16.5. The number of carbonyl (C=O) groups excluding carboxylic acids is 1. The third-order valence-electron chi connectivity index (χ3n) is 3.46. The number of nitrogens with zero attached hydrogens (tertiary/aromatic N) is 1. The summed E-state index contributed by atoms with van der Waals surface area (Å²) in [5.41, 5.74) is 1.06. The zero-order chi connectivity index (χ0) is 13.0. The van der Waals surface area contributed by atoms with E-state index in [4.69, 9.17) is 4.74 Å². The van der Waals surface area contributed by atoms with Crippen LogP contribution in [0.1, 0.15) is 32.3 Å². The van der Waals surface area contributed by atoms with Crippen LogP contribution in [0.25, 0.3) is 0 Å². The van der Waals surface area contributed by atoms with Gasteiger partial charge >= 0.3 is 0 Å². The summed E-state index contributed by atoms with van der Waals surface area (Å²) in [6, 6.07) is 8.21. The van der Waals surface area contributed by atoms with Crippen molar-refractivity contribution >= 4 is 5.91 Å². The van der Waals surface area contributed by atoms with Gasteiger partial charge in [-0.3, -0.25) is 4.79 Å². The van der Waals surface area contributed by atoms with Crippen LogP contribution in [0.2, 0.25) is 0 Å². The SMILES string of the molecule is CCOc1ccc(CC(=O)N2CCCC2C)cc1. The summed E-state index contributed by atoms with van der Waals surface area (Å²) in [7, 11) is 0. The lowest BCUT2D eigenvalue weighted by molar-refractivity contribution is -0.130. The molecule has 0 saturated carbocycles. The Morgan fingerprint density at radius 1 is 1.39 bits per heavy atom. The summed E-state index contributed by atoms with van der Waals surface area (Å²) in [5, 5.41) is 0. The zero-order valence-corrected chi connectivity index (χ0v) is 11.2. The fourth-order valence-electron chi connectivity index (χ4n) is 2.45. The Labute approximate surface area is 109 Å². The largest absolute Gasteiger partial charge is 0.494 e. The highest BCUT2D eigenvalue weighted by Crippen LogP contribution is 2.19. The Kier molecular flexibility index (Phi) is 4.24. The molecule has 0 aromatic heterocycles. The molecule has 1 fully saturated rings. The second-order valence-electron chi connectivity index (χ2n) is 4.83. The van der Waals surface area contributed by atoms with Crippen LogP contribution >= 0.6 is 0 Å². The first-order valence-corrected chi connectivity index (χ1v) is 6.72. The molecule has 0 aliphatic carbocycles. The third-order valence-corrected chi connectivity index (χ3v) is 3.46.